The van der Waals surface area contributed by atoms with Crippen LogP contribution in [0.4, 0.5) is 5.13 Å². The van der Waals surface area contributed by atoms with Crippen LogP contribution < -0.4 is 25.1 Å². The van der Waals surface area contributed by atoms with Gasteiger partial charge in [-0.3, -0.25) is 5.43 Å². The molecule has 0 amide bonds. The van der Waals surface area contributed by atoms with E-state index in [0.29, 0.717) is 30.4 Å². The Morgan fingerprint density at radius 2 is 1.74 bits per heavy atom. The van der Waals surface area contributed by atoms with Gasteiger partial charge in [-0.1, -0.05) is 30.3 Å². The highest BCUT2D eigenvalue weighted by Gasteiger charge is 2.13. The van der Waals surface area contributed by atoms with Crippen LogP contribution in [0.25, 0.3) is 11.3 Å². The zero-order valence-electron chi connectivity index (χ0n) is 15.6. The molecule has 6 nitrogen and oxygen atoms in total. The van der Waals surface area contributed by atoms with Crippen molar-refractivity contribution in [1.29, 1.82) is 0 Å². The number of hydrazine groups is 1. The molecular weight excluding hydrogens is 362 g/mol. The first-order chi connectivity index (χ1) is 13.2. The van der Waals surface area contributed by atoms with Gasteiger partial charge in [0.15, 0.2) is 16.6 Å². The normalized spacial score (nSPS) is 10.5. The second-order valence-electron chi connectivity index (χ2n) is 5.64. The van der Waals surface area contributed by atoms with E-state index in [-0.39, 0.29) is 0 Å². The summed E-state index contributed by atoms with van der Waals surface area (Å²) < 4.78 is 16.5. The lowest BCUT2D eigenvalue weighted by Crippen LogP contribution is -2.20. The highest BCUT2D eigenvalue weighted by molar-refractivity contribution is 7.14. The molecule has 0 radical (unpaired) electrons. The molecule has 2 aromatic carbocycles. The molecule has 0 saturated carbocycles. The summed E-state index contributed by atoms with van der Waals surface area (Å²) in [7, 11) is 3.24. The van der Waals surface area contributed by atoms with Crippen molar-refractivity contribution >= 4 is 16.5 Å². The standard InChI is InChI=1S/C20H23N3O3S/c1-4-26-19-17(24-2)10-14(11-18(19)25-3)12-21-23-20-22-16(13-27-20)15-8-6-5-7-9-15/h5-11,13,21H,4,12H2,1-3H3,(H,22,23). The van der Waals surface area contributed by atoms with Crippen molar-refractivity contribution in [3.63, 3.8) is 0 Å². The van der Waals surface area contributed by atoms with Crippen LogP contribution in [0.1, 0.15) is 12.5 Å². The van der Waals surface area contributed by atoms with Crippen LogP contribution in [0.5, 0.6) is 17.2 Å². The Bertz CT molecular complexity index is 843. The van der Waals surface area contributed by atoms with Gasteiger partial charge in [-0.15, -0.1) is 11.3 Å². The summed E-state index contributed by atoms with van der Waals surface area (Å²) in [5.41, 5.74) is 9.38. The number of methoxy groups -OCH3 is 2. The number of anilines is 1. The van der Waals surface area contributed by atoms with E-state index >= 15 is 0 Å². The first-order valence-corrected chi connectivity index (χ1v) is 9.50. The van der Waals surface area contributed by atoms with Crippen LogP contribution in [0.15, 0.2) is 47.8 Å². The Balaban J connectivity index is 1.64. The van der Waals surface area contributed by atoms with E-state index in [4.69, 9.17) is 14.2 Å². The van der Waals surface area contributed by atoms with Gasteiger partial charge in [0.1, 0.15) is 0 Å². The summed E-state index contributed by atoms with van der Waals surface area (Å²) in [5, 5.41) is 2.83. The molecule has 7 heteroatoms. The van der Waals surface area contributed by atoms with Crippen molar-refractivity contribution in [1.82, 2.24) is 10.4 Å². The number of benzene rings is 2. The van der Waals surface area contributed by atoms with Gasteiger partial charge < -0.3 is 14.2 Å². The maximum Gasteiger partial charge on any atom is 0.203 e. The largest absolute Gasteiger partial charge is 0.493 e. The molecule has 2 N–H and O–H groups in total. The quantitative estimate of drug-likeness (QED) is 0.534. The van der Waals surface area contributed by atoms with Crippen molar-refractivity contribution in [3.8, 4) is 28.5 Å². The summed E-state index contributed by atoms with van der Waals surface area (Å²) in [4.78, 5) is 4.59. The maximum absolute atomic E-state index is 5.63. The van der Waals surface area contributed by atoms with Crippen LogP contribution in [0.3, 0.4) is 0 Å². The fourth-order valence-electron chi connectivity index (χ4n) is 2.62. The molecule has 1 aromatic heterocycles. The van der Waals surface area contributed by atoms with Gasteiger partial charge in [0.2, 0.25) is 5.75 Å². The van der Waals surface area contributed by atoms with Crippen LogP contribution in [0, 0.1) is 0 Å². The van der Waals surface area contributed by atoms with Crippen LogP contribution in [0.2, 0.25) is 0 Å². The molecule has 0 bridgehead atoms. The van der Waals surface area contributed by atoms with Crippen LogP contribution >= 0.6 is 11.3 Å². The first-order valence-electron chi connectivity index (χ1n) is 8.62. The fourth-order valence-corrected chi connectivity index (χ4v) is 3.31. The molecule has 0 aliphatic carbocycles. The Labute approximate surface area is 163 Å². The Morgan fingerprint density at radius 1 is 1.04 bits per heavy atom. The van der Waals surface area contributed by atoms with Crippen molar-refractivity contribution in [2.75, 3.05) is 26.3 Å². The number of rotatable bonds is 9. The van der Waals surface area contributed by atoms with Crippen molar-refractivity contribution < 1.29 is 14.2 Å². The minimum atomic E-state index is 0.541. The molecule has 0 atom stereocenters. The minimum Gasteiger partial charge on any atom is -0.493 e. The number of hydrogen-bond acceptors (Lipinski definition) is 7. The lowest BCUT2D eigenvalue weighted by Gasteiger charge is -2.15. The maximum atomic E-state index is 5.63. The average molecular weight is 385 g/mol. The van der Waals surface area contributed by atoms with Gasteiger partial charge in [0, 0.05) is 17.5 Å². The Morgan fingerprint density at radius 3 is 2.37 bits per heavy atom. The van der Waals surface area contributed by atoms with E-state index in [0.717, 1.165) is 22.0 Å². The third-order valence-corrected chi connectivity index (χ3v) is 4.63. The smallest absolute Gasteiger partial charge is 0.203 e. The molecule has 3 aromatic rings. The lowest BCUT2D eigenvalue weighted by atomic mass is 10.2. The van der Waals surface area contributed by atoms with Crippen LogP contribution in [-0.2, 0) is 6.54 Å². The molecule has 0 saturated heterocycles. The third-order valence-electron chi connectivity index (χ3n) is 3.87. The first kappa shape index (κ1) is 19.0. The van der Waals surface area contributed by atoms with Crippen molar-refractivity contribution in [3.05, 3.63) is 53.4 Å². The second kappa shape index (κ2) is 9.25. The Kier molecular flexibility index (Phi) is 6.51. The average Bonchev–Trinajstić information content (AvgIpc) is 3.18. The van der Waals surface area contributed by atoms with Gasteiger partial charge in [0.25, 0.3) is 0 Å². The molecule has 0 fully saturated rings. The molecule has 3 rings (SSSR count). The van der Waals surface area contributed by atoms with Gasteiger partial charge in [0.05, 0.1) is 26.5 Å². The van der Waals surface area contributed by atoms with Gasteiger partial charge >= 0.3 is 0 Å². The number of aromatic nitrogens is 1. The molecule has 142 valence electrons. The number of thiazole rings is 1. The van der Waals surface area contributed by atoms with Gasteiger partial charge in [-0.25, -0.2) is 10.4 Å². The summed E-state index contributed by atoms with van der Waals surface area (Å²) in [6.45, 7) is 3.04. The molecule has 0 spiro atoms. The zero-order valence-corrected chi connectivity index (χ0v) is 16.4. The van der Waals surface area contributed by atoms with Crippen molar-refractivity contribution in [2.45, 2.75) is 13.5 Å². The predicted octanol–water partition coefficient (Wildman–Crippen LogP) is 4.34. The molecule has 27 heavy (non-hydrogen) atoms. The summed E-state index contributed by atoms with van der Waals surface area (Å²) in [5.74, 6) is 1.91. The monoisotopic (exact) mass is 385 g/mol. The van der Waals surface area contributed by atoms with E-state index in [9.17, 15) is 0 Å². The fraction of sp³-hybridized carbons (Fsp3) is 0.250. The van der Waals surface area contributed by atoms with Gasteiger partial charge in [-0.05, 0) is 24.6 Å². The van der Waals surface area contributed by atoms with E-state index in [1.807, 2.05) is 54.8 Å². The van der Waals surface area contributed by atoms with E-state index in [1.54, 1.807) is 25.6 Å². The van der Waals surface area contributed by atoms with E-state index < -0.39 is 0 Å². The summed E-state index contributed by atoms with van der Waals surface area (Å²) in [6, 6.07) is 14.0. The molecular formula is C20H23N3O3S. The highest BCUT2D eigenvalue weighted by atomic mass is 32.1. The molecule has 0 aliphatic heterocycles. The second-order valence-corrected chi connectivity index (χ2v) is 6.50. The number of hydrogen-bond donors (Lipinski definition) is 2. The molecule has 0 unspecified atom stereocenters. The number of nitrogens with zero attached hydrogens (tertiary/aromatic N) is 1. The Hall–Kier alpha value is -2.77. The molecule has 0 aliphatic rings. The SMILES string of the molecule is CCOc1c(OC)cc(CNNc2nc(-c3ccccc3)cs2)cc1OC. The summed E-state index contributed by atoms with van der Waals surface area (Å²) in [6.07, 6.45) is 0. The molecule has 1 heterocycles. The minimum absolute atomic E-state index is 0.541. The van der Waals surface area contributed by atoms with E-state index in [1.165, 1.54) is 0 Å². The summed E-state index contributed by atoms with van der Waals surface area (Å²) >= 11 is 1.55. The predicted molar refractivity (Wildman–Crippen MR) is 109 cm³/mol. The van der Waals surface area contributed by atoms with Gasteiger partial charge in [-0.2, -0.15) is 0 Å². The van der Waals surface area contributed by atoms with Crippen LogP contribution in [-0.4, -0.2) is 25.8 Å². The lowest BCUT2D eigenvalue weighted by molar-refractivity contribution is 0.288. The zero-order chi connectivity index (χ0) is 19.1. The highest BCUT2D eigenvalue weighted by Crippen LogP contribution is 2.38. The number of ether oxygens (including phenoxy) is 3. The van der Waals surface area contributed by atoms with E-state index in [2.05, 4.69) is 15.8 Å². The van der Waals surface area contributed by atoms with Crippen molar-refractivity contribution in [2.24, 2.45) is 0 Å². The number of nitrogens with one attached hydrogen (secondary N) is 2. The topological polar surface area (TPSA) is 64.6 Å². The third kappa shape index (κ3) is 4.69.